The van der Waals surface area contributed by atoms with Crippen molar-refractivity contribution in [2.24, 2.45) is 0 Å². The summed E-state index contributed by atoms with van der Waals surface area (Å²) in [5, 5.41) is 10.5. The first-order chi connectivity index (χ1) is 25.3. The Kier molecular flexibility index (Phi) is 6.86. The van der Waals surface area contributed by atoms with E-state index in [9.17, 15) is 0 Å². The van der Waals surface area contributed by atoms with E-state index >= 15 is 0 Å². The van der Waals surface area contributed by atoms with Crippen LogP contribution in [-0.4, -0.2) is 17.2 Å². The average Bonchev–Trinajstić information content (AvgIpc) is 3.73. The summed E-state index contributed by atoms with van der Waals surface area (Å²) in [7, 11) is -3.00. The van der Waals surface area contributed by atoms with Crippen LogP contribution < -0.4 is 20.7 Å². The molecule has 3 heteroatoms. The Hall–Kier alpha value is -6.42. The van der Waals surface area contributed by atoms with Crippen LogP contribution in [0.2, 0.25) is 0 Å². The summed E-state index contributed by atoms with van der Waals surface area (Å²) in [5.74, 6) is 0. The molecule has 10 aromatic rings. The Morgan fingerprint density at radius 3 is 1.29 bits per heavy atom. The smallest absolute Gasteiger partial charge is 0.181 e. The van der Waals surface area contributed by atoms with Gasteiger partial charge in [-0.1, -0.05) is 164 Å². The van der Waals surface area contributed by atoms with Crippen LogP contribution in [0.3, 0.4) is 0 Å². The highest BCUT2D eigenvalue weighted by Gasteiger charge is 2.43. The van der Waals surface area contributed by atoms with Crippen molar-refractivity contribution in [3.8, 4) is 11.4 Å². The minimum Gasteiger partial charge on any atom is -0.309 e. The third-order valence-electron chi connectivity index (χ3n) is 10.6. The molecule has 240 valence electrons. The standard InChI is InChI=1S/C48H34N2Si/c1-4-18-35(19-5-1)50-46-32-15-12-28-42(46)43-29-17-33-47(48(43)50)51(37-21-6-2-7-22-37,38-23-8-3-9-24-38)39-25-16-20-36(34-39)49-44-30-13-10-26-40(44)41-27-11-14-31-45(41)49/h1-34H. The summed E-state index contributed by atoms with van der Waals surface area (Å²) in [5.41, 5.74) is 7.26. The van der Waals surface area contributed by atoms with Crippen LogP contribution in [0, 0.1) is 0 Å². The molecule has 0 radical (unpaired) electrons. The van der Waals surface area contributed by atoms with Gasteiger partial charge in [-0.2, -0.15) is 0 Å². The van der Waals surface area contributed by atoms with Crippen molar-refractivity contribution >= 4 is 72.4 Å². The zero-order valence-electron chi connectivity index (χ0n) is 28.0. The summed E-state index contributed by atoms with van der Waals surface area (Å²) in [6.07, 6.45) is 0. The molecule has 0 aliphatic carbocycles. The van der Waals surface area contributed by atoms with Gasteiger partial charge in [-0.05, 0) is 63.2 Å². The molecule has 0 spiro atoms. The normalized spacial score (nSPS) is 11.9. The van der Waals surface area contributed by atoms with Gasteiger partial charge in [0, 0.05) is 32.9 Å². The number of nitrogens with zero attached hydrogens (tertiary/aromatic N) is 2. The molecule has 8 aromatic carbocycles. The van der Waals surface area contributed by atoms with Crippen LogP contribution in [0.4, 0.5) is 0 Å². The number of hydrogen-bond acceptors (Lipinski definition) is 0. The van der Waals surface area contributed by atoms with E-state index in [1.165, 1.54) is 75.7 Å². The highest BCUT2D eigenvalue weighted by Crippen LogP contribution is 2.34. The average molecular weight is 667 g/mol. The lowest BCUT2D eigenvalue weighted by Gasteiger charge is -2.35. The van der Waals surface area contributed by atoms with E-state index in [1.807, 2.05) is 0 Å². The van der Waals surface area contributed by atoms with Crippen LogP contribution >= 0.6 is 0 Å². The number of rotatable bonds is 6. The van der Waals surface area contributed by atoms with E-state index in [1.54, 1.807) is 0 Å². The Balaban J connectivity index is 1.38. The van der Waals surface area contributed by atoms with Crippen molar-refractivity contribution in [2.75, 3.05) is 0 Å². The molecule has 0 unspecified atom stereocenters. The molecule has 0 aliphatic heterocycles. The fourth-order valence-electron chi connectivity index (χ4n) is 8.59. The third-order valence-corrected chi connectivity index (χ3v) is 15.4. The Labute approximate surface area is 298 Å². The van der Waals surface area contributed by atoms with Crippen molar-refractivity contribution in [1.82, 2.24) is 9.13 Å². The van der Waals surface area contributed by atoms with Gasteiger partial charge in [0.05, 0.1) is 22.1 Å². The first-order valence-electron chi connectivity index (χ1n) is 17.6. The molecule has 10 rings (SSSR count). The quantitative estimate of drug-likeness (QED) is 0.124. The van der Waals surface area contributed by atoms with Crippen LogP contribution in [0.15, 0.2) is 206 Å². The predicted molar refractivity (Wildman–Crippen MR) is 219 cm³/mol. The number of fused-ring (bicyclic) bond motifs is 6. The van der Waals surface area contributed by atoms with Gasteiger partial charge in [0.15, 0.2) is 8.07 Å². The minimum absolute atomic E-state index is 1.17. The summed E-state index contributed by atoms with van der Waals surface area (Å²) >= 11 is 0. The molecule has 0 saturated heterocycles. The summed E-state index contributed by atoms with van der Waals surface area (Å²) < 4.78 is 4.95. The van der Waals surface area contributed by atoms with Gasteiger partial charge in [-0.3, -0.25) is 0 Å². The molecule has 0 amide bonds. The Morgan fingerprint density at radius 1 is 0.294 bits per heavy atom. The van der Waals surface area contributed by atoms with Crippen LogP contribution in [0.25, 0.3) is 55.0 Å². The number of para-hydroxylation sites is 5. The second-order valence-corrected chi connectivity index (χ2v) is 17.1. The molecule has 0 bridgehead atoms. The van der Waals surface area contributed by atoms with E-state index < -0.39 is 8.07 Å². The largest absolute Gasteiger partial charge is 0.309 e. The highest BCUT2D eigenvalue weighted by molar-refractivity contribution is 7.20. The molecule has 0 fully saturated rings. The lowest BCUT2D eigenvalue weighted by atomic mass is 10.1. The molecular weight excluding hydrogens is 633 g/mol. The van der Waals surface area contributed by atoms with Crippen LogP contribution in [0.1, 0.15) is 0 Å². The van der Waals surface area contributed by atoms with E-state index in [0.29, 0.717) is 0 Å². The van der Waals surface area contributed by atoms with Crippen LogP contribution in [-0.2, 0) is 0 Å². The molecule has 2 aromatic heterocycles. The molecule has 0 saturated carbocycles. The number of aromatic nitrogens is 2. The number of hydrogen-bond donors (Lipinski definition) is 0. The van der Waals surface area contributed by atoms with Crippen LogP contribution in [0.5, 0.6) is 0 Å². The second kappa shape index (κ2) is 11.9. The van der Waals surface area contributed by atoms with Crippen molar-refractivity contribution in [3.63, 3.8) is 0 Å². The zero-order valence-corrected chi connectivity index (χ0v) is 29.0. The van der Waals surface area contributed by atoms with E-state index in [-0.39, 0.29) is 0 Å². The first kappa shape index (κ1) is 29.5. The maximum atomic E-state index is 2.50. The van der Waals surface area contributed by atoms with Gasteiger partial charge in [0.1, 0.15) is 0 Å². The fraction of sp³-hybridized carbons (Fsp3) is 0. The molecule has 2 nitrogen and oxygen atoms in total. The fourth-order valence-corrected chi connectivity index (χ4v) is 13.6. The van der Waals surface area contributed by atoms with Crippen molar-refractivity contribution in [2.45, 2.75) is 0 Å². The van der Waals surface area contributed by atoms with Gasteiger partial charge >= 0.3 is 0 Å². The Bertz CT molecular complexity index is 2760. The number of benzene rings is 8. The minimum atomic E-state index is -3.00. The van der Waals surface area contributed by atoms with Crippen molar-refractivity contribution in [3.05, 3.63) is 206 Å². The van der Waals surface area contributed by atoms with Crippen molar-refractivity contribution < 1.29 is 0 Å². The summed E-state index contributed by atoms with van der Waals surface area (Å²) in [6, 6.07) is 76.3. The molecule has 2 heterocycles. The molecule has 0 aliphatic rings. The molecule has 0 N–H and O–H groups in total. The first-order valence-corrected chi connectivity index (χ1v) is 19.6. The molecule has 51 heavy (non-hydrogen) atoms. The highest BCUT2D eigenvalue weighted by atomic mass is 28.3. The monoisotopic (exact) mass is 666 g/mol. The Morgan fingerprint density at radius 2 is 0.706 bits per heavy atom. The lowest BCUT2D eigenvalue weighted by molar-refractivity contribution is 1.18. The summed E-state index contributed by atoms with van der Waals surface area (Å²) in [4.78, 5) is 0. The van der Waals surface area contributed by atoms with Gasteiger partial charge in [-0.15, -0.1) is 0 Å². The predicted octanol–water partition coefficient (Wildman–Crippen LogP) is 9.26. The molecule has 0 atom stereocenters. The molecular formula is C48H34N2Si. The van der Waals surface area contributed by atoms with E-state index in [2.05, 4.69) is 215 Å². The third kappa shape index (κ3) is 4.42. The maximum Gasteiger partial charge on any atom is 0.181 e. The van der Waals surface area contributed by atoms with Gasteiger partial charge in [0.25, 0.3) is 0 Å². The van der Waals surface area contributed by atoms with Crippen molar-refractivity contribution in [1.29, 1.82) is 0 Å². The van der Waals surface area contributed by atoms with Gasteiger partial charge < -0.3 is 9.13 Å². The van der Waals surface area contributed by atoms with Gasteiger partial charge in [-0.25, -0.2) is 0 Å². The lowest BCUT2D eigenvalue weighted by Crippen LogP contribution is -2.75. The second-order valence-electron chi connectivity index (χ2n) is 13.3. The maximum absolute atomic E-state index is 3.00. The summed E-state index contributed by atoms with van der Waals surface area (Å²) in [6.45, 7) is 0. The van der Waals surface area contributed by atoms with Gasteiger partial charge in [0.2, 0.25) is 0 Å². The zero-order chi connectivity index (χ0) is 33.8. The topological polar surface area (TPSA) is 9.86 Å². The SMILES string of the molecule is c1ccc(-n2c3ccccc3c3cccc([Si](c4ccccc4)(c4ccccc4)c4cccc(-n5c6ccccc6c6ccccc65)c4)c32)cc1. The van der Waals surface area contributed by atoms with E-state index in [0.717, 1.165) is 0 Å². The van der Waals surface area contributed by atoms with E-state index in [4.69, 9.17) is 0 Å².